The van der Waals surface area contributed by atoms with Gasteiger partial charge in [0.2, 0.25) is 5.91 Å². The molecule has 0 aromatic heterocycles. The maximum atomic E-state index is 11.5. The summed E-state index contributed by atoms with van der Waals surface area (Å²) >= 11 is 0. The van der Waals surface area contributed by atoms with Gasteiger partial charge in [-0.3, -0.25) is 9.35 Å². The molecule has 1 unspecified atom stereocenters. The standard InChI is InChI=1S/C9H19NO4S/c1-5-7(2)8(11)10-9(3,4)6-15(12,13)14/h7H,5-6H2,1-4H3,(H,10,11)(H,12,13,14). The van der Waals surface area contributed by atoms with Crippen molar-refractivity contribution in [1.82, 2.24) is 5.32 Å². The normalized spacial score (nSPS) is 14.7. The Balaban J connectivity index is 4.45. The third-order valence-electron chi connectivity index (χ3n) is 2.06. The minimum Gasteiger partial charge on any atom is -0.350 e. The molecule has 0 aliphatic heterocycles. The van der Waals surface area contributed by atoms with Crippen LogP contribution in [0.2, 0.25) is 0 Å². The number of hydrogen-bond acceptors (Lipinski definition) is 3. The molecule has 0 aromatic carbocycles. The van der Waals surface area contributed by atoms with E-state index in [1.54, 1.807) is 20.8 Å². The first-order valence-corrected chi connectivity index (χ1v) is 6.45. The SMILES string of the molecule is CCC(C)C(=O)NC(C)(C)CS(=O)(=O)O. The average Bonchev–Trinajstić information content (AvgIpc) is 1.96. The minimum absolute atomic E-state index is 0.161. The Morgan fingerprint density at radius 2 is 1.93 bits per heavy atom. The van der Waals surface area contributed by atoms with Crippen LogP contribution in [0.1, 0.15) is 34.1 Å². The van der Waals surface area contributed by atoms with Gasteiger partial charge in [0.05, 0.1) is 11.3 Å². The monoisotopic (exact) mass is 237 g/mol. The Morgan fingerprint density at radius 1 is 1.47 bits per heavy atom. The molecular formula is C9H19NO4S. The third kappa shape index (κ3) is 6.46. The van der Waals surface area contributed by atoms with Crippen molar-refractivity contribution in [1.29, 1.82) is 0 Å². The van der Waals surface area contributed by atoms with Gasteiger partial charge in [0, 0.05) is 5.92 Å². The topological polar surface area (TPSA) is 83.5 Å². The second kappa shape index (κ2) is 4.94. The fourth-order valence-corrected chi connectivity index (χ4v) is 2.12. The molecule has 0 spiro atoms. The van der Waals surface area contributed by atoms with Crippen LogP contribution in [0.25, 0.3) is 0 Å². The molecule has 0 aromatic rings. The fraction of sp³-hybridized carbons (Fsp3) is 0.889. The number of amides is 1. The number of rotatable bonds is 5. The van der Waals surface area contributed by atoms with E-state index in [0.29, 0.717) is 6.42 Å². The maximum absolute atomic E-state index is 11.5. The zero-order valence-corrected chi connectivity index (χ0v) is 10.4. The Kier molecular flexibility index (Phi) is 4.73. The van der Waals surface area contributed by atoms with Crippen molar-refractivity contribution >= 4 is 16.0 Å². The van der Waals surface area contributed by atoms with Crippen molar-refractivity contribution in [3.05, 3.63) is 0 Å². The van der Waals surface area contributed by atoms with Gasteiger partial charge in [-0.15, -0.1) is 0 Å². The molecule has 5 nitrogen and oxygen atoms in total. The molecule has 90 valence electrons. The van der Waals surface area contributed by atoms with Crippen LogP contribution < -0.4 is 5.32 Å². The second-order valence-electron chi connectivity index (χ2n) is 4.41. The first kappa shape index (κ1) is 14.4. The van der Waals surface area contributed by atoms with E-state index in [4.69, 9.17) is 4.55 Å². The van der Waals surface area contributed by atoms with E-state index in [1.165, 1.54) is 0 Å². The predicted molar refractivity (Wildman–Crippen MR) is 58.1 cm³/mol. The van der Waals surface area contributed by atoms with Gasteiger partial charge in [0.15, 0.2) is 0 Å². The van der Waals surface area contributed by atoms with E-state index < -0.39 is 21.4 Å². The van der Waals surface area contributed by atoms with Crippen LogP contribution in [0.15, 0.2) is 0 Å². The summed E-state index contributed by atoms with van der Waals surface area (Å²) in [7, 11) is -4.07. The second-order valence-corrected chi connectivity index (χ2v) is 5.86. The van der Waals surface area contributed by atoms with E-state index in [2.05, 4.69) is 5.32 Å². The Labute approximate surface area is 91.0 Å². The summed E-state index contributed by atoms with van der Waals surface area (Å²) in [6.45, 7) is 6.75. The summed E-state index contributed by atoms with van der Waals surface area (Å²) in [5.74, 6) is -0.848. The molecule has 0 saturated carbocycles. The van der Waals surface area contributed by atoms with Crippen LogP contribution in [0, 0.1) is 5.92 Å². The van der Waals surface area contributed by atoms with Gasteiger partial charge in [0.25, 0.3) is 10.1 Å². The number of nitrogens with one attached hydrogen (secondary N) is 1. The van der Waals surface area contributed by atoms with Crippen LogP contribution in [-0.2, 0) is 14.9 Å². The number of carbonyl (C=O) groups is 1. The summed E-state index contributed by atoms with van der Waals surface area (Å²) in [4.78, 5) is 11.5. The molecule has 0 aliphatic carbocycles. The quantitative estimate of drug-likeness (QED) is 0.693. The lowest BCUT2D eigenvalue weighted by Gasteiger charge is -2.26. The largest absolute Gasteiger partial charge is 0.350 e. The van der Waals surface area contributed by atoms with Crippen LogP contribution in [0.5, 0.6) is 0 Å². The summed E-state index contributed by atoms with van der Waals surface area (Å²) in [6, 6.07) is 0. The van der Waals surface area contributed by atoms with Gasteiger partial charge >= 0.3 is 0 Å². The first-order chi connectivity index (χ1) is 6.57. The molecule has 0 saturated heterocycles. The molecule has 1 amide bonds. The van der Waals surface area contributed by atoms with Gasteiger partial charge in [-0.25, -0.2) is 0 Å². The molecule has 0 heterocycles. The Morgan fingerprint density at radius 3 is 2.27 bits per heavy atom. The van der Waals surface area contributed by atoms with Gasteiger partial charge in [-0.05, 0) is 20.3 Å². The van der Waals surface area contributed by atoms with Crippen LogP contribution in [-0.4, -0.2) is 30.2 Å². The average molecular weight is 237 g/mol. The molecule has 0 bridgehead atoms. The minimum atomic E-state index is -4.07. The van der Waals surface area contributed by atoms with Gasteiger partial charge in [-0.1, -0.05) is 13.8 Å². The van der Waals surface area contributed by atoms with Crippen molar-refractivity contribution in [2.75, 3.05) is 5.75 Å². The highest BCUT2D eigenvalue weighted by molar-refractivity contribution is 7.85. The van der Waals surface area contributed by atoms with Gasteiger partial charge in [0.1, 0.15) is 0 Å². The van der Waals surface area contributed by atoms with E-state index in [9.17, 15) is 13.2 Å². The molecule has 0 fully saturated rings. The lowest BCUT2D eigenvalue weighted by molar-refractivity contribution is -0.125. The van der Waals surface area contributed by atoms with E-state index in [0.717, 1.165) is 0 Å². The Bertz CT molecular complexity index is 321. The van der Waals surface area contributed by atoms with E-state index in [-0.39, 0.29) is 11.8 Å². The first-order valence-electron chi connectivity index (χ1n) is 4.84. The van der Waals surface area contributed by atoms with Crippen molar-refractivity contribution < 1.29 is 17.8 Å². The molecule has 2 N–H and O–H groups in total. The highest BCUT2D eigenvalue weighted by Crippen LogP contribution is 2.09. The highest BCUT2D eigenvalue weighted by atomic mass is 32.2. The summed E-state index contributed by atoms with van der Waals surface area (Å²) in [5.41, 5.74) is -0.950. The summed E-state index contributed by atoms with van der Waals surface area (Å²) in [6.07, 6.45) is 0.688. The van der Waals surface area contributed by atoms with Crippen molar-refractivity contribution in [2.24, 2.45) is 5.92 Å². The van der Waals surface area contributed by atoms with Crippen molar-refractivity contribution in [3.8, 4) is 0 Å². The van der Waals surface area contributed by atoms with Gasteiger partial charge < -0.3 is 5.32 Å². The lowest BCUT2D eigenvalue weighted by atomic mass is 10.0. The maximum Gasteiger partial charge on any atom is 0.267 e. The van der Waals surface area contributed by atoms with E-state index >= 15 is 0 Å². The molecule has 1 atom stereocenters. The van der Waals surface area contributed by atoms with Crippen LogP contribution in [0.4, 0.5) is 0 Å². The molecular weight excluding hydrogens is 218 g/mol. The smallest absolute Gasteiger partial charge is 0.267 e. The van der Waals surface area contributed by atoms with E-state index in [1.807, 2.05) is 6.92 Å². The van der Waals surface area contributed by atoms with Crippen molar-refractivity contribution in [3.63, 3.8) is 0 Å². The van der Waals surface area contributed by atoms with Crippen LogP contribution >= 0.6 is 0 Å². The van der Waals surface area contributed by atoms with Gasteiger partial charge in [-0.2, -0.15) is 8.42 Å². The summed E-state index contributed by atoms with van der Waals surface area (Å²) in [5, 5.41) is 2.59. The van der Waals surface area contributed by atoms with Crippen LogP contribution in [0.3, 0.4) is 0 Å². The molecule has 6 heteroatoms. The lowest BCUT2D eigenvalue weighted by Crippen LogP contribution is -2.49. The number of carbonyl (C=O) groups excluding carboxylic acids is 1. The fourth-order valence-electron chi connectivity index (χ4n) is 1.13. The zero-order chi connectivity index (χ0) is 12.3. The van der Waals surface area contributed by atoms with Crippen molar-refractivity contribution in [2.45, 2.75) is 39.7 Å². The molecule has 0 rings (SSSR count). The third-order valence-corrected chi connectivity index (χ3v) is 3.15. The molecule has 0 aliphatic rings. The number of hydrogen-bond donors (Lipinski definition) is 2. The summed E-state index contributed by atoms with van der Waals surface area (Å²) < 4.78 is 30.0. The zero-order valence-electron chi connectivity index (χ0n) is 9.57. The highest BCUT2D eigenvalue weighted by Gasteiger charge is 2.27. The predicted octanol–water partition coefficient (Wildman–Crippen LogP) is 0.815. The molecule has 0 radical (unpaired) electrons. The Hall–Kier alpha value is -0.620. The molecule has 15 heavy (non-hydrogen) atoms.